The van der Waals surface area contributed by atoms with Crippen LogP contribution in [-0.4, -0.2) is 41.8 Å². The second-order valence-electron chi connectivity index (χ2n) is 4.93. The maximum absolute atomic E-state index is 10.1. The topological polar surface area (TPSA) is 49.5 Å². The maximum Gasteiger partial charge on any atom is 0.0820 e. The van der Waals surface area contributed by atoms with Gasteiger partial charge in [0.1, 0.15) is 0 Å². The number of rotatable bonds is 5. The highest BCUT2D eigenvalue weighted by Crippen LogP contribution is 2.10. The van der Waals surface area contributed by atoms with Gasteiger partial charge in [0.25, 0.3) is 0 Å². The van der Waals surface area contributed by atoms with Crippen LogP contribution in [0, 0.1) is 0 Å². The molecular weight excluding hydrogens is 248 g/mol. The van der Waals surface area contributed by atoms with E-state index < -0.39 is 6.10 Å². The summed E-state index contributed by atoms with van der Waals surface area (Å²) < 4.78 is 0. The molecule has 0 spiro atoms. The number of hydrogen-bond donors (Lipinski definition) is 2. The Hall–Kier alpha value is -0.610. The smallest absolute Gasteiger partial charge is 0.0820 e. The summed E-state index contributed by atoms with van der Waals surface area (Å²) in [5.74, 6) is 0. The number of likely N-dealkylation sites (tertiary alicyclic amines) is 1. The molecule has 0 bridgehead atoms. The Morgan fingerprint density at radius 3 is 2.39 bits per heavy atom. The molecule has 2 atom stereocenters. The fourth-order valence-electron chi connectivity index (χ4n) is 2.39. The van der Waals surface area contributed by atoms with E-state index in [1.807, 2.05) is 18.2 Å². The molecule has 0 saturated carbocycles. The van der Waals surface area contributed by atoms with Gasteiger partial charge in [-0.25, -0.2) is 0 Å². The van der Waals surface area contributed by atoms with Crippen LogP contribution in [0.2, 0.25) is 0 Å². The molecule has 0 aromatic heterocycles. The van der Waals surface area contributed by atoms with E-state index >= 15 is 0 Å². The first-order valence-corrected chi connectivity index (χ1v) is 6.45. The van der Waals surface area contributed by atoms with Crippen LogP contribution in [0.15, 0.2) is 30.3 Å². The summed E-state index contributed by atoms with van der Waals surface area (Å²) in [4.78, 5) is 2.30. The molecule has 0 unspecified atom stereocenters. The predicted octanol–water partition coefficient (Wildman–Crippen LogP) is 1.43. The average Bonchev–Trinajstić information content (AvgIpc) is 2.83. The number of halogens is 1. The van der Waals surface area contributed by atoms with Crippen molar-refractivity contribution in [2.24, 2.45) is 5.73 Å². The Bertz CT molecular complexity index is 328. The lowest BCUT2D eigenvalue weighted by atomic mass is 10.0. The Morgan fingerprint density at radius 1 is 1.17 bits per heavy atom. The van der Waals surface area contributed by atoms with Gasteiger partial charge in [0.15, 0.2) is 0 Å². The third-order valence-corrected chi connectivity index (χ3v) is 3.45. The highest BCUT2D eigenvalue weighted by molar-refractivity contribution is 5.85. The van der Waals surface area contributed by atoms with Crippen LogP contribution in [0.25, 0.3) is 0 Å². The molecule has 2 rings (SSSR count). The number of hydrogen-bond acceptors (Lipinski definition) is 3. The van der Waals surface area contributed by atoms with Crippen molar-refractivity contribution in [2.45, 2.75) is 31.4 Å². The van der Waals surface area contributed by atoms with Crippen molar-refractivity contribution in [1.29, 1.82) is 0 Å². The molecule has 0 radical (unpaired) electrons. The van der Waals surface area contributed by atoms with Crippen molar-refractivity contribution >= 4 is 12.4 Å². The molecule has 102 valence electrons. The number of nitrogens with two attached hydrogens (primary N) is 1. The van der Waals surface area contributed by atoms with Gasteiger partial charge in [-0.15, -0.1) is 12.4 Å². The zero-order chi connectivity index (χ0) is 12.1. The zero-order valence-electron chi connectivity index (χ0n) is 10.7. The van der Waals surface area contributed by atoms with Crippen LogP contribution < -0.4 is 5.73 Å². The SMILES string of the molecule is Cl.N[C@H](Cc1ccccc1)[C@@H](O)CN1CCCC1. The molecule has 3 nitrogen and oxygen atoms in total. The lowest BCUT2D eigenvalue weighted by Crippen LogP contribution is -2.43. The van der Waals surface area contributed by atoms with E-state index in [4.69, 9.17) is 5.73 Å². The second-order valence-corrected chi connectivity index (χ2v) is 4.93. The Kier molecular flexibility index (Phi) is 6.65. The molecule has 1 aromatic carbocycles. The van der Waals surface area contributed by atoms with Crippen molar-refractivity contribution < 1.29 is 5.11 Å². The van der Waals surface area contributed by atoms with E-state index in [2.05, 4.69) is 17.0 Å². The van der Waals surface area contributed by atoms with Gasteiger partial charge >= 0.3 is 0 Å². The van der Waals surface area contributed by atoms with Gasteiger partial charge in [0.2, 0.25) is 0 Å². The lowest BCUT2D eigenvalue weighted by molar-refractivity contribution is 0.101. The Morgan fingerprint density at radius 2 is 1.78 bits per heavy atom. The van der Waals surface area contributed by atoms with E-state index in [0.29, 0.717) is 6.54 Å². The summed E-state index contributed by atoms with van der Waals surface area (Å²) in [5, 5.41) is 10.1. The minimum Gasteiger partial charge on any atom is -0.390 e. The normalized spacial score (nSPS) is 19.2. The highest BCUT2D eigenvalue weighted by atomic mass is 35.5. The molecule has 0 amide bonds. The van der Waals surface area contributed by atoms with E-state index in [1.54, 1.807) is 0 Å². The van der Waals surface area contributed by atoms with Crippen LogP contribution in [0.5, 0.6) is 0 Å². The molecular formula is C14H23ClN2O. The molecule has 1 aliphatic heterocycles. The van der Waals surface area contributed by atoms with Crippen LogP contribution in [0.1, 0.15) is 18.4 Å². The van der Waals surface area contributed by atoms with Crippen molar-refractivity contribution in [1.82, 2.24) is 4.90 Å². The predicted molar refractivity (Wildman–Crippen MR) is 77.1 cm³/mol. The minimum atomic E-state index is -0.423. The monoisotopic (exact) mass is 270 g/mol. The summed E-state index contributed by atoms with van der Waals surface area (Å²) in [6, 6.07) is 9.96. The van der Waals surface area contributed by atoms with Crippen molar-refractivity contribution in [2.75, 3.05) is 19.6 Å². The van der Waals surface area contributed by atoms with Crippen molar-refractivity contribution in [3.63, 3.8) is 0 Å². The maximum atomic E-state index is 10.1. The van der Waals surface area contributed by atoms with Gasteiger partial charge in [-0.2, -0.15) is 0 Å². The van der Waals surface area contributed by atoms with Gasteiger partial charge in [-0.3, -0.25) is 0 Å². The second kappa shape index (κ2) is 7.74. The average molecular weight is 271 g/mol. The number of nitrogens with zero attached hydrogens (tertiary/aromatic N) is 1. The van der Waals surface area contributed by atoms with Crippen molar-refractivity contribution in [3.8, 4) is 0 Å². The number of β-amino-alcohol motifs (C(OH)–C–C–N with tert-alkyl or cyclic N) is 1. The van der Waals surface area contributed by atoms with Crippen LogP contribution in [0.3, 0.4) is 0 Å². The number of aliphatic hydroxyl groups excluding tert-OH is 1. The summed E-state index contributed by atoms with van der Waals surface area (Å²) >= 11 is 0. The summed E-state index contributed by atoms with van der Waals surface area (Å²) in [5.41, 5.74) is 7.25. The summed E-state index contributed by atoms with van der Waals surface area (Å²) in [7, 11) is 0. The van der Waals surface area contributed by atoms with Gasteiger partial charge < -0.3 is 15.7 Å². The molecule has 18 heavy (non-hydrogen) atoms. The van der Waals surface area contributed by atoms with Crippen LogP contribution in [0.4, 0.5) is 0 Å². The number of aliphatic hydroxyl groups is 1. The van der Waals surface area contributed by atoms with Crippen LogP contribution in [-0.2, 0) is 6.42 Å². The van der Waals surface area contributed by atoms with Gasteiger partial charge in [0.05, 0.1) is 6.10 Å². The Balaban J connectivity index is 0.00000162. The first-order valence-electron chi connectivity index (χ1n) is 6.45. The zero-order valence-corrected chi connectivity index (χ0v) is 11.5. The third-order valence-electron chi connectivity index (χ3n) is 3.45. The van der Waals surface area contributed by atoms with Gasteiger partial charge in [-0.1, -0.05) is 30.3 Å². The lowest BCUT2D eigenvalue weighted by Gasteiger charge is -2.24. The van der Waals surface area contributed by atoms with Crippen LogP contribution >= 0.6 is 12.4 Å². The fourth-order valence-corrected chi connectivity index (χ4v) is 2.39. The molecule has 1 heterocycles. The highest BCUT2D eigenvalue weighted by Gasteiger charge is 2.20. The molecule has 1 saturated heterocycles. The van der Waals surface area contributed by atoms with Gasteiger partial charge in [-0.05, 0) is 37.9 Å². The van der Waals surface area contributed by atoms with E-state index in [9.17, 15) is 5.11 Å². The van der Waals surface area contributed by atoms with E-state index in [0.717, 1.165) is 19.5 Å². The quantitative estimate of drug-likeness (QED) is 0.851. The molecule has 1 aromatic rings. The molecule has 1 fully saturated rings. The minimum absolute atomic E-state index is 0. The third kappa shape index (κ3) is 4.58. The molecule has 0 aliphatic carbocycles. The summed E-state index contributed by atoms with van der Waals surface area (Å²) in [6.07, 6.45) is 2.82. The van der Waals surface area contributed by atoms with E-state index in [1.165, 1.54) is 18.4 Å². The van der Waals surface area contributed by atoms with E-state index in [-0.39, 0.29) is 18.4 Å². The molecule has 3 N–H and O–H groups in total. The van der Waals surface area contributed by atoms with Gasteiger partial charge in [0, 0.05) is 12.6 Å². The first kappa shape index (κ1) is 15.4. The fraction of sp³-hybridized carbons (Fsp3) is 0.571. The Labute approximate surface area is 115 Å². The molecule has 1 aliphatic rings. The first-order chi connectivity index (χ1) is 8.25. The van der Waals surface area contributed by atoms with Crippen molar-refractivity contribution in [3.05, 3.63) is 35.9 Å². The molecule has 4 heteroatoms. The largest absolute Gasteiger partial charge is 0.390 e. The number of benzene rings is 1. The summed E-state index contributed by atoms with van der Waals surface area (Å²) in [6.45, 7) is 2.93. The standard InChI is InChI=1S/C14H22N2O.ClH/c15-13(10-12-6-2-1-3-7-12)14(17)11-16-8-4-5-9-16;/h1-3,6-7,13-14,17H,4-5,8-11,15H2;1H/t13-,14+;/m1./s1.